The van der Waals surface area contributed by atoms with Crippen LogP contribution in [-0.4, -0.2) is 110 Å². The summed E-state index contributed by atoms with van der Waals surface area (Å²) in [5, 5.41) is 70.6. The number of phenolic OH excluding ortho intramolecular Hbond substituents is 1. The van der Waals surface area contributed by atoms with Crippen molar-refractivity contribution < 1.29 is 39.8 Å². The van der Waals surface area contributed by atoms with Crippen molar-refractivity contribution >= 4 is 33.5 Å². The third-order valence-electron chi connectivity index (χ3n) is 22.9. The van der Waals surface area contributed by atoms with E-state index in [4.69, 9.17) is 20.2 Å². The number of aliphatic hydroxyl groups is 4. The molecule has 77 heavy (non-hydrogen) atoms. The number of aromatic hydroxyl groups is 1. The zero-order valence-corrected chi connectivity index (χ0v) is 46.7. The molecular weight excluding hydrogens is 1010 g/mol. The van der Waals surface area contributed by atoms with Gasteiger partial charge in [0.25, 0.3) is 0 Å². The van der Waals surface area contributed by atoms with Crippen LogP contribution in [0.4, 0.5) is 0 Å². The van der Waals surface area contributed by atoms with Crippen LogP contribution < -0.4 is 26.4 Å². The summed E-state index contributed by atoms with van der Waals surface area (Å²) in [6.45, 7) is 3.43. The second-order valence-corrected chi connectivity index (χ2v) is 29.1. The number of carbonyl (C=O) groups is 1. The number of fused-ring (bicyclic) bond motifs is 4. The number of ether oxygens (including phenoxy) is 2. The second-order valence-electron chi connectivity index (χ2n) is 26.6. The summed E-state index contributed by atoms with van der Waals surface area (Å²) < 4.78 is 13.1. The molecule has 12 aliphatic rings. The minimum Gasteiger partial charge on any atom is -0.504 e. The molecule has 1 saturated heterocycles. The lowest BCUT2D eigenvalue weighted by atomic mass is 9.37. The number of esters is 1. The number of allylic oxidation sites excluding steroid dienone is 2. The molecule has 13 rings (SSSR count). The summed E-state index contributed by atoms with van der Waals surface area (Å²) in [7, 11) is 3.90. The Morgan fingerprint density at radius 3 is 2.70 bits per heavy atom. The smallest absolute Gasteiger partial charge is 0.302 e. The number of phenols is 1. The molecule has 0 amide bonds. The number of guanidine groups is 1. The Bertz CT molecular complexity index is 2710. The predicted octanol–water partition coefficient (Wildman–Crippen LogP) is 7.49. The minimum absolute atomic E-state index is 0.0173. The molecule has 8 aliphatic carbocycles. The van der Waals surface area contributed by atoms with Crippen molar-refractivity contribution in [2.24, 2.45) is 67.9 Å². The van der Waals surface area contributed by atoms with Gasteiger partial charge in [-0.05, 0) is 162 Å². The van der Waals surface area contributed by atoms with Gasteiger partial charge in [0, 0.05) is 72.9 Å². The molecule has 17 atom stereocenters. The maximum atomic E-state index is 13.3. The maximum absolute atomic E-state index is 13.3. The number of rotatable bonds is 2. The Balaban J connectivity index is 1.00. The van der Waals surface area contributed by atoms with Gasteiger partial charge in [-0.3, -0.25) is 4.79 Å². The van der Waals surface area contributed by atoms with E-state index in [-0.39, 0.29) is 70.0 Å². The number of nitrogens with one attached hydrogen (secondary N) is 3. The van der Waals surface area contributed by atoms with E-state index in [1.807, 2.05) is 27.7 Å². The number of nitrogens with zero attached hydrogens (tertiary/aromatic N) is 1. The number of carbonyl (C=O) groups excluding carboxylic acids is 1. The van der Waals surface area contributed by atoms with Gasteiger partial charge in [-0.1, -0.05) is 88.3 Å². The lowest BCUT2D eigenvalue weighted by Crippen LogP contribution is -2.74. The van der Waals surface area contributed by atoms with E-state index in [1.54, 1.807) is 11.6 Å². The maximum Gasteiger partial charge on any atom is 0.302 e. The largest absolute Gasteiger partial charge is 0.504 e. The van der Waals surface area contributed by atoms with Crippen molar-refractivity contribution in [3.63, 3.8) is 0 Å². The van der Waals surface area contributed by atoms with Crippen molar-refractivity contribution in [1.29, 1.82) is 0 Å². The van der Waals surface area contributed by atoms with Gasteiger partial charge in [-0.15, -0.1) is 0 Å². The molecule has 6 fully saturated rings. The van der Waals surface area contributed by atoms with Crippen LogP contribution in [-0.2, 0) is 16.0 Å². The zero-order chi connectivity index (χ0) is 53.0. The fourth-order valence-corrected chi connectivity index (χ4v) is 22.5. The molecule has 1 aromatic rings. The van der Waals surface area contributed by atoms with Crippen molar-refractivity contribution in [1.82, 2.24) is 16.0 Å². The Morgan fingerprint density at radius 1 is 0.987 bits per heavy atom. The minimum atomic E-state index is -1.93. The molecule has 4 heterocycles. The lowest BCUT2D eigenvalue weighted by molar-refractivity contribution is -0.152. The summed E-state index contributed by atoms with van der Waals surface area (Å²) in [6.07, 6.45) is 22.2. The summed E-state index contributed by atoms with van der Waals surface area (Å²) in [5.74, 6) is 16.6. The molecule has 0 unspecified atom stereocenters. The standard InChI is InChI=1S/C62H83N5O8S2/c1-37(68)74-51-28-44(69)15-22-59-21-13-39-24-38-9-12-46(33-64-35-58(30-38)31-45(16-23-65-58)75-52-27-41(26-47(39)51)48(55(72)73)29-50(52)70)77-76-36-61(67-56(63)66-53(59)7-4-8-54(59)71)34-60-32-49-40(10-11-42-6-5-19-62(42,49)61)25-43(60)14-20-57(60)17-2-3-18-57/h4,7,25,27,29,38-39,42-47,49,51,53-55,64-65,69-73H,2-3,5-6,8,10-11,14-20,22-24,26,28,30-36H2,1H3,(H3,63,66,67)/t38-,39+,42-,43+,44+,45-,46-,47-,49-,51+,53-,54+,58-,59+,60+,61-,62+/m1/s1. The highest BCUT2D eigenvalue weighted by molar-refractivity contribution is 8.77. The Morgan fingerprint density at radius 2 is 1.86 bits per heavy atom. The van der Waals surface area contributed by atoms with Gasteiger partial charge in [-0.2, -0.15) is 0 Å². The van der Waals surface area contributed by atoms with Gasteiger partial charge in [0.05, 0.1) is 34.5 Å². The topological polar surface area (TPSA) is 211 Å². The lowest BCUT2D eigenvalue weighted by Gasteiger charge is -2.70. The molecule has 10 bridgehead atoms. The fourth-order valence-electron chi connectivity index (χ4n) is 19.7. The van der Waals surface area contributed by atoms with Crippen LogP contribution in [0.2, 0.25) is 0 Å². The van der Waals surface area contributed by atoms with E-state index in [9.17, 15) is 30.3 Å². The van der Waals surface area contributed by atoms with E-state index in [1.165, 1.54) is 90.0 Å². The number of benzene rings is 1. The highest BCUT2D eigenvalue weighted by atomic mass is 33.1. The zero-order valence-electron chi connectivity index (χ0n) is 45.1. The first-order valence-electron chi connectivity index (χ1n) is 29.8. The molecule has 416 valence electrons. The van der Waals surface area contributed by atoms with Gasteiger partial charge >= 0.3 is 5.97 Å². The first-order valence-corrected chi connectivity index (χ1v) is 32.2. The first-order chi connectivity index (χ1) is 37.2. The average Bonchev–Trinajstić information content (AvgIpc) is 3.65. The van der Waals surface area contributed by atoms with Gasteiger partial charge in [0.15, 0.2) is 23.7 Å². The van der Waals surface area contributed by atoms with Gasteiger partial charge in [0.1, 0.15) is 12.2 Å². The van der Waals surface area contributed by atoms with Crippen molar-refractivity contribution in [2.75, 3.05) is 25.4 Å². The number of piperidine rings is 1. The molecule has 5 saturated carbocycles. The molecule has 6 spiro atoms. The molecule has 15 heteroatoms. The molecule has 10 N–H and O–H groups in total. The molecule has 4 aliphatic heterocycles. The van der Waals surface area contributed by atoms with Crippen LogP contribution in [0.5, 0.6) is 11.5 Å². The van der Waals surface area contributed by atoms with E-state index < -0.39 is 59.4 Å². The summed E-state index contributed by atoms with van der Waals surface area (Å²) in [4.78, 5) is 18.9. The fraction of sp³-hybridized carbons (Fsp3) is 0.742. The Hall–Kier alpha value is -3.38. The summed E-state index contributed by atoms with van der Waals surface area (Å²) >= 11 is 0. The second kappa shape index (κ2) is 20.3. The molecular formula is C62H83N5O8S2. The number of aliphatic imine (C=N–C) groups is 1. The Labute approximate surface area is 463 Å². The molecule has 1 aromatic carbocycles. The SMILES string of the molecule is CC(=O)O[C@H]1C[C@@H](O)CC[C@@]23C#C[C@H]4C[C@H]5C#C[C@H](CNC[C@@]6(C5)C[C@@H](CCN6)Oc5cc(c(C(O)O)cc5O)C[C@@H]14)SSC[C@@]1(C[C@@]45C[C@@H]6C(=C[C@@H]4CCC54CCCC4)CC[C@H]4CCC[C@]461)NC(N)=N[C@@H]2C=CC[C@@H]3O. The van der Waals surface area contributed by atoms with Crippen LogP contribution in [0.1, 0.15) is 159 Å². The quantitative estimate of drug-likeness (QED) is 0.0463. The van der Waals surface area contributed by atoms with Crippen LogP contribution in [0, 0.1) is 80.8 Å². The first kappa shape index (κ1) is 53.0. The van der Waals surface area contributed by atoms with Crippen molar-refractivity contribution in [3.8, 4) is 35.2 Å². The summed E-state index contributed by atoms with van der Waals surface area (Å²) in [5.41, 5.74) is 8.60. The average molecular weight is 1090 g/mol. The van der Waals surface area contributed by atoms with Crippen molar-refractivity contribution in [3.05, 3.63) is 47.1 Å². The van der Waals surface area contributed by atoms with Gasteiger partial charge < -0.3 is 56.7 Å². The van der Waals surface area contributed by atoms with Crippen LogP contribution >= 0.6 is 21.6 Å². The van der Waals surface area contributed by atoms with E-state index >= 15 is 0 Å². The van der Waals surface area contributed by atoms with Gasteiger partial charge in [-0.25, -0.2) is 4.99 Å². The monoisotopic (exact) mass is 1090 g/mol. The summed E-state index contributed by atoms with van der Waals surface area (Å²) in [6, 6.07) is 2.44. The third-order valence-corrected chi connectivity index (χ3v) is 25.6. The van der Waals surface area contributed by atoms with Gasteiger partial charge in [0.2, 0.25) is 0 Å². The van der Waals surface area contributed by atoms with Crippen LogP contribution in [0.3, 0.4) is 0 Å². The molecule has 13 nitrogen and oxygen atoms in total. The highest BCUT2D eigenvalue weighted by Gasteiger charge is 2.75. The molecule has 0 aromatic heterocycles. The Kier molecular flexibility index (Phi) is 13.9. The number of aliphatic hydroxyl groups excluding tert-OH is 3. The highest BCUT2D eigenvalue weighted by Crippen LogP contribution is 2.79. The van der Waals surface area contributed by atoms with Crippen LogP contribution in [0.15, 0.2) is 40.9 Å². The van der Waals surface area contributed by atoms with Crippen LogP contribution in [0.25, 0.3) is 0 Å². The van der Waals surface area contributed by atoms with E-state index in [0.717, 1.165) is 12.2 Å². The van der Waals surface area contributed by atoms with Crippen molar-refractivity contribution in [2.45, 2.75) is 201 Å². The normalized spacial score (nSPS) is 44.6. The number of hydrogen-bond acceptors (Lipinski definition) is 15. The number of nitrogens with two attached hydrogens (primary N) is 1. The predicted molar refractivity (Wildman–Crippen MR) is 300 cm³/mol. The van der Waals surface area contributed by atoms with E-state index in [2.05, 4.69) is 51.8 Å². The molecule has 0 radical (unpaired) electrons. The van der Waals surface area contributed by atoms with E-state index in [0.29, 0.717) is 92.9 Å². The number of hydrogen-bond donors (Lipinski definition) is 9. The third kappa shape index (κ3) is 8.91.